The molecule has 4 heteroatoms. The van der Waals surface area contributed by atoms with E-state index < -0.39 is 0 Å². The lowest BCUT2D eigenvalue weighted by Crippen LogP contribution is -2.32. The van der Waals surface area contributed by atoms with E-state index >= 15 is 0 Å². The summed E-state index contributed by atoms with van der Waals surface area (Å²) in [4.78, 5) is 13.4. The normalized spacial score (nSPS) is 20.3. The molecule has 0 spiro atoms. The molecule has 0 radical (unpaired) electrons. The molecule has 0 aromatic heterocycles. The molecule has 28 heavy (non-hydrogen) atoms. The van der Waals surface area contributed by atoms with Crippen molar-refractivity contribution in [2.45, 2.75) is 18.9 Å². The Bertz CT molecular complexity index is 1080. The number of hydrazone groups is 1. The highest BCUT2D eigenvalue weighted by Gasteiger charge is 2.44. The zero-order chi connectivity index (χ0) is 19.1. The summed E-state index contributed by atoms with van der Waals surface area (Å²) in [5.74, 6) is 0.0485. The molecule has 0 saturated carbocycles. The van der Waals surface area contributed by atoms with Gasteiger partial charge in [0.15, 0.2) is 0 Å². The predicted molar refractivity (Wildman–Crippen MR) is 112 cm³/mol. The number of rotatable bonds is 2. The Morgan fingerprint density at radius 2 is 1.64 bits per heavy atom. The average molecular weight is 387 g/mol. The van der Waals surface area contributed by atoms with E-state index in [2.05, 4.69) is 18.2 Å². The molecule has 0 saturated heterocycles. The molecular weight excluding hydrogens is 368 g/mol. The van der Waals surface area contributed by atoms with Crippen molar-refractivity contribution in [1.29, 1.82) is 0 Å². The number of fused-ring (bicyclic) bond motifs is 3. The summed E-state index contributed by atoms with van der Waals surface area (Å²) in [6.45, 7) is 0. The van der Waals surface area contributed by atoms with Crippen LogP contribution in [0, 0.1) is 5.92 Å². The molecule has 3 nitrogen and oxygen atoms in total. The first kappa shape index (κ1) is 17.2. The Labute approximate surface area is 169 Å². The molecule has 0 fully saturated rings. The first-order valence-corrected chi connectivity index (χ1v) is 9.91. The van der Waals surface area contributed by atoms with Crippen molar-refractivity contribution < 1.29 is 4.79 Å². The number of nitrogens with zero attached hydrogens (tertiary/aromatic N) is 2. The zero-order valence-corrected chi connectivity index (χ0v) is 16.0. The molecule has 5 rings (SSSR count). The van der Waals surface area contributed by atoms with Gasteiger partial charge in [0.25, 0.3) is 5.91 Å². The van der Waals surface area contributed by atoms with E-state index in [4.69, 9.17) is 16.7 Å². The van der Waals surface area contributed by atoms with Crippen molar-refractivity contribution in [2.24, 2.45) is 11.0 Å². The average Bonchev–Trinajstić information content (AvgIpc) is 3.14. The lowest BCUT2D eigenvalue weighted by molar-refractivity contribution is 0.0682. The topological polar surface area (TPSA) is 32.7 Å². The van der Waals surface area contributed by atoms with Crippen LogP contribution in [0.4, 0.5) is 0 Å². The summed E-state index contributed by atoms with van der Waals surface area (Å²) in [6, 6.07) is 25.3. The van der Waals surface area contributed by atoms with Gasteiger partial charge in [-0.05, 0) is 42.2 Å². The summed E-state index contributed by atoms with van der Waals surface area (Å²) < 4.78 is 0. The summed E-state index contributed by atoms with van der Waals surface area (Å²) in [5, 5.41) is 7.19. The van der Waals surface area contributed by atoms with E-state index in [1.54, 1.807) is 5.01 Å². The number of carbonyl (C=O) groups is 1. The van der Waals surface area contributed by atoms with Crippen LogP contribution in [0.2, 0.25) is 5.02 Å². The molecule has 1 aliphatic heterocycles. The van der Waals surface area contributed by atoms with Crippen molar-refractivity contribution >= 4 is 23.2 Å². The summed E-state index contributed by atoms with van der Waals surface area (Å²) >= 11 is 6.56. The molecule has 3 aromatic rings. The monoisotopic (exact) mass is 386 g/mol. The highest BCUT2D eigenvalue weighted by Crippen LogP contribution is 2.45. The minimum Gasteiger partial charge on any atom is -0.267 e. The largest absolute Gasteiger partial charge is 0.274 e. The van der Waals surface area contributed by atoms with Crippen LogP contribution in [0.3, 0.4) is 0 Å². The van der Waals surface area contributed by atoms with Crippen LogP contribution in [0.15, 0.2) is 84.0 Å². The van der Waals surface area contributed by atoms with Crippen LogP contribution in [0.25, 0.3) is 0 Å². The highest BCUT2D eigenvalue weighted by molar-refractivity contribution is 6.31. The van der Waals surface area contributed by atoms with Crippen LogP contribution in [0.1, 0.15) is 39.5 Å². The van der Waals surface area contributed by atoms with Crippen LogP contribution < -0.4 is 0 Å². The highest BCUT2D eigenvalue weighted by atomic mass is 35.5. The van der Waals surface area contributed by atoms with Crippen molar-refractivity contribution in [3.8, 4) is 0 Å². The molecule has 0 N–H and O–H groups in total. The van der Waals surface area contributed by atoms with Crippen LogP contribution in [-0.4, -0.2) is 16.6 Å². The first-order chi connectivity index (χ1) is 13.7. The van der Waals surface area contributed by atoms with Crippen LogP contribution >= 0.6 is 11.6 Å². The van der Waals surface area contributed by atoms with Crippen LogP contribution in [0.5, 0.6) is 0 Å². The number of carbonyl (C=O) groups excluding carboxylic acids is 1. The third kappa shape index (κ3) is 2.74. The number of hydrogen-bond donors (Lipinski definition) is 0. The smallest absolute Gasteiger partial charge is 0.267 e. The number of halogens is 1. The molecule has 2 aliphatic rings. The van der Waals surface area contributed by atoms with Crippen molar-refractivity contribution in [2.75, 3.05) is 0 Å². The molecule has 0 unspecified atom stereocenters. The second-order valence-corrected chi connectivity index (χ2v) is 7.68. The van der Waals surface area contributed by atoms with Crippen molar-refractivity contribution in [1.82, 2.24) is 5.01 Å². The Hall–Kier alpha value is -2.91. The number of benzene rings is 3. The second kappa shape index (κ2) is 6.92. The van der Waals surface area contributed by atoms with Gasteiger partial charge in [0.2, 0.25) is 0 Å². The first-order valence-electron chi connectivity index (χ1n) is 9.54. The molecule has 3 aromatic carbocycles. The molecule has 1 heterocycles. The van der Waals surface area contributed by atoms with Gasteiger partial charge >= 0.3 is 0 Å². The SMILES string of the molecule is O=C(c1ccccc1)N1N=C2c3ccccc3CC[C@@H]2[C@@H]1c1ccccc1Cl. The maximum absolute atomic E-state index is 13.4. The molecule has 2 atom stereocenters. The van der Waals surface area contributed by atoms with E-state index in [0.717, 1.165) is 29.7 Å². The lowest BCUT2D eigenvalue weighted by Gasteiger charge is -2.30. The minimum atomic E-state index is -0.190. The van der Waals surface area contributed by atoms with Crippen LogP contribution in [-0.2, 0) is 6.42 Å². The van der Waals surface area contributed by atoms with Gasteiger partial charge < -0.3 is 0 Å². The van der Waals surface area contributed by atoms with Crippen molar-refractivity contribution in [3.05, 3.63) is 106 Å². The Balaban J connectivity index is 1.65. The molecule has 0 bridgehead atoms. The van der Waals surface area contributed by atoms with E-state index in [9.17, 15) is 4.79 Å². The van der Waals surface area contributed by atoms with E-state index in [-0.39, 0.29) is 17.9 Å². The van der Waals surface area contributed by atoms with Gasteiger partial charge in [0.1, 0.15) is 0 Å². The Morgan fingerprint density at radius 1 is 0.929 bits per heavy atom. The Kier molecular flexibility index (Phi) is 4.25. The lowest BCUT2D eigenvalue weighted by atomic mass is 9.77. The van der Waals surface area contributed by atoms with Gasteiger partial charge in [-0.1, -0.05) is 72.3 Å². The summed E-state index contributed by atoms with van der Waals surface area (Å²) in [7, 11) is 0. The fraction of sp³-hybridized carbons (Fsp3) is 0.167. The van der Waals surface area contributed by atoms with Gasteiger partial charge in [0, 0.05) is 22.1 Å². The standard InChI is InChI=1S/C24H19ClN2O/c25-21-13-7-6-12-19(21)23-20-15-14-16-8-4-5-11-18(16)22(20)26-27(23)24(28)17-9-2-1-3-10-17/h1-13,20,23H,14-15H2/t20-,23-/m0/s1. The third-order valence-electron chi connectivity index (χ3n) is 5.68. The third-order valence-corrected chi connectivity index (χ3v) is 6.03. The van der Waals surface area contributed by atoms with Gasteiger partial charge in [-0.2, -0.15) is 5.10 Å². The predicted octanol–water partition coefficient (Wildman–Crippen LogP) is 5.50. The number of amides is 1. The maximum atomic E-state index is 13.4. The van der Waals surface area contributed by atoms with Gasteiger partial charge in [-0.25, -0.2) is 5.01 Å². The number of hydrogen-bond acceptors (Lipinski definition) is 2. The van der Waals surface area contributed by atoms with Gasteiger partial charge in [-0.3, -0.25) is 4.79 Å². The fourth-order valence-corrected chi connectivity index (χ4v) is 4.62. The number of aryl methyl sites for hydroxylation is 1. The minimum absolute atomic E-state index is 0.0927. The molecule has 1 aliphatic carbocycles. The van der Waals surface area contributed by atoms with Crippen molar-refractivity contribution in [3.63, 3.8) is 0 Å². The van der Waals surface area contributed by atoms with E-state index in [1.807, 2.05) is 60.7 Å². The van der Waals surface area contributed by atoms with E-state index in [1.165, 1.54) is 5.56 Å². The quantitative estimate of drug-likeness (QED) is 0.572. The van der Waals surface area contributed by atoms with Gasteiger partial charge in [-0.15, -0.1) is 0 Å². The summed E-state index contributed by atoms with van der Waals surface area (Å²) in [6.07, 6.45) is 1.93. The van der Waals surface area contributed by atoms with E-state index in [0.29, 0.717) is 10.6 Å². The van der Waals surface area contributed by atoms with Gasteiger partial charge in [0.05, 0.1) is 11.8 Å². The zero-order valence-electron chi connectivity index (χ0n) is 15.3. The molecular formula is C24H19ClN2O. The maximum Gasteiger partial charge on any atom is 0.274 e. The fourth-order valence-electron chi connectivity index (χ4n) is 4.37. The molecule has 1 amide bonds. The molecule has 138 valence electrons. The Morgan fingerprint density at radius 3 is 2.46 bits per heavy atom. The second-order valence-electron chi connectivity index (χ2n) is 7.27. The summed E-state index contributed by atoms with van der Waals surface area (Å²) in [5.41, 5.74) is 5.03.